The van der Waals surface area contributed by atoms with Crippen LogP contribution in [0.15, 0.2) is 0 Å². The van der Waals surface area contributed by atoms with E-state index in [0.717, 1.165) is 24.7 Å². The molecule has 0 bridgehead atoms. The molecule has 11 heavy (non-hydrogen) atoms. The van der Waals surface area contributed by atoms with Crippen molar-refractivity contribution in [3.05, 3.63) is 11.6 Å². The van der Waals surface area contributed by atoms with E-state index < -0.39 is 0 Å². The molecule has 0 fully saturated rings. The highest BCUT2D eigenvalue weighted by Gasteiger charge is 2.18. The van der Waals surface area contributed by atoms with Crippen LogP contribution in [0.4, 0.5) is 0 Å². The Morgan fingerprint density at radius 2 is 2.36 bits per heavy atom. The van der Waals surface area contributed by atoms with E-state index in [1.807, 2.05) is 6.92 Å². The highest BCUT2D eigenvalue weighted by molar-refractivity contribution is 5.01. The van der Waals surface area contributed by atoms with Gasteiger partial charge in [-0.15, -0.1) is 10.2 Å². The Balaban J connectivity index is 2.46. The Morgan fingerprint density at radius 1 is 1.55 bits per heavy atom. The summed E-state index contributed by atoms with van der Waals surface area (Å²) in [6.07, 6.45) is 0. The molecule has 0 saturated heterocycles. The second-order valence-electron chi connectivity index (χ2n) is 2.93. The summed E-state index contributed by atoms with van der Waals surface area (Å²) in [5.41, 5.74) is 0. The van der Waals surface area contributed by atoms with E-state index in [-0.39, 0.29) is 0 Å². The van der Waals surface area contributed by atoms with Crippen molar-refractivity contribution in [2.24, 2.45) is 0 Å². The van der Waals surface area contributed by atoms with Gasteiger partial charge in [0.15, 0.2) is 0 Å². The van der Waals surface area contributed by atoms with Crippen LogP contribution in [0.25, 0.3) is 0 Å². The summed E-state index contributed by atoms with van der Waals surface area (Å²) >= 11 is 0. The molecule has 2 heterocycles. The standard InChI is InChI=1S/C7H12N4/c1-5-7-10-9-6(2)11(7)4-3-8-5/h5,8H,3-4H2,1-2H3/t5-/m0/s1. The molecular weight excluding hydrogens is 140 g/mol. The van der Waals surface area contributed by atoms with Crippen molar-refractivity contribution < 1.29 is 0 Å². The Morgan fingerprint density at radius 3 is 3.09 bits per heavy atom. The van der Waals surface area contributed by atoms with Gasteiger partial charge in [-0.25, -0.2) is 0 Å². The maximum absolute atomic E-state index is 4.09. The van der Waals surface area contributed by atoms with Gasteiger partial charge >= 0.3 is 0 Å². The van der Waals surface area contributed by atoms with Gasteiger partial charge in [-0.1, -0.05) is 0 Å². The molecule has 1 aliphatic rings. The average molecular weight is 152 g/mol. The van der Waals surface area contributed by atoms with E-state index in [2.05, 4.69) is 27.0 Å². The molecule has 4 nitrogen and oxygen atoms in total. The van der Waals surface area contributed by atoms with E-state index in [1.165, 1.54) is 0 Å². The Kier molecular flexibility index (Phi) is 1.42. The number of rotatable bonds is 0. The molecule has 1 N–H and O–H groups in total. The molecule has 2 rings (SSSR count). The van der Waals surface area contributed by atoms with Crippen LogP contribution in [-0.2, 0) is 6.54 Å². The first-order chi connectivity index (χ1) is 5.29. The molecule has 4 heteroatoms. The highest BCUT2D eigenvalue weighted by Crippen LogP contribution is 2.14. The van der Waals surface area contributed by atoms with Crippen LogP contribution in [0, 0.1) is 6.92 Å². The minimum absolute atomic E-state index is 0.352. The van der Waals surface area contributed by atoms with Gasteiger partial charge in [0.2, 0.25) is 0 Å². The van der Waals surface area contributed by atoms with E-state index in [4.69, 9.17) is 0 Å². The molecule has 1 atom stereocenters. The highest BCUT2D eigenvalue weighted by atomic mass is 15.3. The third-order valence-electron chi connectivity index (χ3n) is 2.14. The average Bonchev–Trinajstić information content (AvgIpc) is 2.35. The predicted molar refractivity (Wildman–Crippen MR) is 41.2 cm³/mol. The van der Waals surface area contributed by atoms with Gasteiger partial charge in [0, 0.05) is 13.1 Å². The summed E-state index contributed by atoms with van der Waals surface area (Å²) in [5.74, 6) is 2.09. The van der Waals surface area contributed by atoms with Crippen LogP contribution in [0.2, 0.25) is 0 Å². The van der Waals surface area contributed by atoms with Gasteiger partial charge < -0.3 is 9.88 Å². The summed E-state index contributed by atoms with van der Waals surface area (Å²) in [4.78, 5) is 0. The summed E-state index contributed by atoms with van der Waals surface area (Å²) in [6.45, 7) is 6.12. The zero-order chi connectivity index (χ0) is 7.84. The normalized spacial score (nSPS) is 23.3. The number of nitrogens with zero attached hydrogens (tertiary/aromatic N) is 3. The van der Waals surface area contributed by atoms with Crippen molar-refractivity contribution in [2.75, 3.05) is 6.54 Å². The van der Waals surface area contributed by atoms with E-state index >= 15 is 0 Å². The quantitative estimate of drug-likeness (QED) is 0.579. The number of aromatic nitrogens is 3. The number of nitrogens with one attached hydrogen (secondary N) is 1. The second-order valence-corrected chi connectivity index (χ2v) is 2.93. The predicted octanol–water partition coefficient (Wildman–Crippen LogP) is 0.251. The van der Waals surface area contributed by atoms with Gasteiger partial charge in [-0.3, -0.25) is 0 Å². The summed E-state index contributed by atoms with van der Waals surface area (Å²) < 4.78 is 2.17. The number of hydrogen-bond acceptors (Lipinski definition) is 3. The largest absolute Gasteiger partial charge is 0.313 e. The van der Waals surface area contributed by atoms with Crippen LogP contribution in [0.3, 0.4) is 0 Å². The zero-order valence-electron chi connectivity index (χ0n) is 6.83. The lowest BCUT2D eigenvalue weighted by Crippen LogP contribution is -2.32. The zero-order valence-corrected chi connectivity index (χ0v) is 6.83. The minimum Gasteiger partial charge on any atom is -0.313 e. The van der Waals surface area contributed by atoms with Crippen LogP contribution in [-0.4, -0.2) is 21.3 Å². The fourth-order valence-corrected chi connectivity index (χ4v) is 1.48. The monoisotopic (exact) mass is 152 g/mol. The topological polar surface area (TPSA) is 42.7 Å². The van der Waals surface area contributed by atoms with Gasteiger partial charge in [-0.05, 0) is 13.8 Å². The number of hydrogen-bond donors (Lipinski definition) is 1. The van der Waals surface area contributed by atoms with Crippen LogP contribution >= 0.6 is 0 Å². The van der Waals surface area contributed by atoms with Crippen molar-refractivity contribution in [3.8, 4) is 0 Å². The number of fused-ring (bicyclic) bond motifs is 1. The fourth-order valence-electron chi connectivity index (χ4n) is 1.48. The van der Waals surface area contributed by atoms with Gasteiger partial charge in [0.05, 0.1) is 6.04 Å². The molecule has 1 aromatic heterocycles. The lowest BCUT2D eigenvalue weighted by atomic mass is 10.2. The van der Waals surface area contributed by atoms with Crippen LogP contribution in [0.1, 0.15) is 24.6 Å². The van der Waals surface area contributed by atoms with E-state index in [1.54, 1.807) is 0 Å². The molecule has 0 amide bonds. The maximum Gasteiger partial charge on any atom is 0.149 e. The first kappa shape index (κ1) is 6.79. The molecule has 0 radical (unpaired) electrons. The molecule has 1 aromatic rings. The fraction of sp³-hybridized carbons (Fsp3) is 0.714. The lowest BCUT2D eigenvalue weighted by molar-refractivity contribution is 0.432. The maximum atomic E-state index is 4.09. The van der Waals surface area contributed by atoms with Gasteiger partial charge in [0.1, 0.15) is 11.6 Å². The minimum atomic E-state index is 0.352. The third-order valence-corrected chi connectivity index (χ3v) is 2.14. The second kappa shape index (κ2) is 2.30. The van der Waals surface area contributed by atoms with Gasteiger partial charge in [-0.2, -0.15) is 0 Å². The van der Waals surface area contributed by atoms with Crippen molar-refractivity contribution in [2.45, 2.75) is 26.4 Å². The smallest absolute Gasteiger partial charge is 0.149 e. The van der Waals surface area contributed by atoms with E-state index in [0.29, 0.717) is 6.04 Å². The lowest BCUT2D eigenvalue weighted by Gasteiger charge is -2.21. The van der Waals surface area contributed by atoms with Crippen molar-refractivity contribution >= 4 is 0 Å². The summed E-state index contributed by atoms with van der Waals surface area (Å²) in [6, 6.07) is 0.352. The van der Waals surface area contributed by atoms with Crippen molar-refractivity contribution in [1.82, 2.24) is 20.1 Å². The molecular formula is C7H12N4. The van der Waals surface area contributed by atoms with Crippen LogP contribution < -0.4 is 5.32 Å². The first-order valence-electron chi connectivity index (χ1n) is 3.92. The number of aryl methyl sites for hydroxylation is 1. The van der Waals surface area contributed by atoms with Crippen molar-refractivity contribution in [1.29, 1.82) is 0 Å². The molecule has 60 valence electrons. The van der Waals surface area contributed by atoms with E-state index in [9.17, 15) is 0 Å². The van der Waals surface area contributed by atoms with Crippen LogP contribution in [0.5, 0.6) is 0 Å². The SMILES string of the molecule is Cc1nnc2n1CCN[C@H]2C. The Bertz CT molecular complexity index is 265. The molecule has 0 saturated carbocycles. The Labute approximate surface area is 65.6 Å². The Hall–Kier alpha value is -0.900. The molecule has 1 aliphatic heterocycles. The third kappa shape index (κ3) is 0.939. The summed E-state index contributed by atoms with van der Waals surface area (Å²) in [5, 5.41) is 11.4. The molecule has 0 unspecified atom stereocenters. The van der Waals surface area contributed by atoms with Gasteiger partial charge in [0.25, 0.3) is 0 Å². The molecule has 0 aromatic carbocycles. The van der Waals surface area contributed by atoms with Crippen molar-refractivity contribution in [3.63, 3.8) is 0 Å². The molecule has 0 spiro atoms. The molecule has 0 aliphatic carbocycles. The first-order valence-corrected chi connectivity index (χ1v) is 3.92. The summed E-state index contributed by atoms with van der Waals surface area (Å²) in [7, 11) is 0.